The van der Waals surface area contributed by atoms with Crippen LogP contribution in [0.15, 0.2) is 12.5 Å². The number of ether oxygens (including phenoxy) is 1. The lowest BCUT2D eigenvalue weighted by Crippen LogP contribution is -2.74. The molecule has 4 nitrogen and oxygen atoms in total. The highest BCUT2D eigenvalue weighted by atomic mass is 19.4. The highest BCUT2D eigenvalue weighted by molar-refractivity contribution is 5.36. The van der Waals surface area contributed by atoms with Crippen molar-refractivity contribution in [2.24, 2.45) is 5.73 Å². The summed E-state index contributed by atoms with van der Waals surface area (Å²) >= 11 is 0. The van der Waals surface area contributed by atoms with E-state index in [0.29, 0.717) is 12.8 Å². The number of alkyl halides is 3. The first-order chi connectivity index (χ1) is 9.27. The fraction of sp³-hybridized carbons (Fsp3) is 0.769. The van der Waals surface area contributed by atoms with Crippen molar-refractivity contribution in [3.63, 3.8) is 0 Å². The van der Waals surface area contributed by atoms with Crippen molar-refractivity contribution in [2.45, 2.75) is 61.6 Å². The van der Waals surface area contributed by atoms with Crippen LogP contribution in [-0.4, -0.2) is 27.6 Å². The number of nitrogens with two attached hydrogens (primary N) is 1. The number of hydrogen-bond acceptors (Lipinski definition) is 3. The summed E-state index contributed by atoms with van der Waals surface area (Å²) in [5.41, 5.74) is 7.27. The largest absolute Gasteiger partial charge is 0.522 e. The summed E-state index contributed by atoms with van der Waals surface area (Å²) in [4.78, 5) is 4.43. The standard InChI is InChI=1S/C13H16F3N3O/c14-13(15,16)20-9-1-8(2-9)19-3-10(18-7-19)11-4-12(17,5-11)6-11/h3,7-9H,1-2,4-6,17H2. The molecule has 7 heteroatoms. The highest BCUT2D eigenvalue weighted by Crippen LogP contribution is 2.66. The lowest BCUT2D eigenvalue weighted by Gasteiger charge is -2.68. The third-order valence-corrected chi connectivity index (χ3v) is 5.01. The molecule has 0 unspecified atom stereocenters. The monoisotopic (exact) mass is 287 g/mol. The van der Waals surface area contributed by atoms with Gasteiger partial charge in [-0.3, -0.25) is 4.74 Å². The quantitative estimate of drug-likeness (QED) is 0.927. The molecule has 4 saturated carbocycles. The summed E-state index contributed by atoms with van der Waals surface area (Å²) in [6, 6.07) is 0.0720. The minimum Gasteiger partial charge on any atom is -0.334 e. The molecule has 0 amide bonds. The van der Waals surface area contributed by atoms with E-state index < -0.39 is 12.5 Å². The van der Waals surface area contributed by atoms with E-state index in [-0.39, 0.29) is 17.0 Å². The SMILES string of the molecule is NC12CC(c3cn(C4CC(OC(F)(F)F)C4)cn3)(C1)C2. The Bertz CT molecular complexity index is 528. The second-order valence-electron chi connectivity index (χ2n) is 6.69. The molecule has 5 rings (SSSR count). The Balaban J connectivity index is 1.37. The van der Waals surface area contributed by atoms with Crippen molar-refractivity contribution in [2.75, 3.05) is 0 Å². The maximum atomic E-state index is 12.1. The van der Waals surface area contributed by atoms with Crippen LogP contribution in [-0.2, 0) is 10.2 Å². The molecular weight excluding hydrogens is 271 g/mol. The molecule has 0 spiro atoms. The minimum atomic E-state index is -4.53. The van der Waals surface area contributed by atoms with Gasteiger partial charge in [0.1, 0.15) is 0 Å². The molecule has 1 heterocycles. The van der Waals surface area contributed by atoms with Crippen LogP contribution >= 0.6 is 0 Å². The smallest absolute Gasteiger partial charge is 0.334 e. The Morgan fingerprint density at radius 3 is 2.50 bits per heavy atom. The zero-order valence-electron chi connectivity index (χ0n) is 10.9. The zero-order chi connectivity index (χ0) is 14.2. The number of aromatic nitrogens is 2. The summed E-state index contributed by atoms with van der Waals surface area (Å²) in [6.45, 7) is 0. The molecule has 0 radical (unpaired) electrons. The fourth-order valence-corrected chi connectivity index (χ4v) is 4.01. The number of rotatable bonds is 3. The summed E-state index contributed by atoms with van der Waals surface area (Å²) in [5, 5.41) is 0. The molecular formula is C13H16F3N3O. The zero-order valence-corrected chi connectivity index (χ0v) is 10.9. The van der Waals surface area contributed by atoms with Crippen molar-refractivity contribution in [3.05, 3.63) is 18.2 Å². The van der Waals surface area contributed by atoms with Gasteiger partial charge in [0.15, 0.2) is 0 Å². The average Bonchev–Trinajstić information content (AvgIpc) is 2.64. The molecule has 4 aliphatic rings. The van der Waals surface area contributed by atoms with E-state index in [1.54, 1.807) is 6.33 Å². The van der Waals surface area contributed by atoms with E-state index >= 15 is 0 Å². The lowest BCUT2D eigenvalue weighted by atomic mass is 9.39. The van der Waals surface area contributed by atoms with Gasteiger partial charge in [0.05, 0.1) is 18.1 Å². The average molecular weight is 287 g/mol. The van der Waals surface area contributed by atoms with Crippen LogP contribution in [0.25, 0.3) is 0 Å². The number of nitrogens with zero attached hydrogens (tertiary/aromatic N) is 2. The first-order valence-electron chi connectivity index (χ1n) is 6.84. The third-order valence-electron chi connectivity index (χ3n) is 5.01. The summed E-state index contributed by atoms with van der Waals surface area (Å²) < 4.78 is 42.1. The van der Waals surface area contributed by atoms with Crippen LogP contribution in [0.4, 0.5) is 13.2 Å². The topological polar surface area (TPSA) is 53.1 Å². The van der Waals surface area contributed by atoms with E-state index in [1.165, 1.54) is 0 Å². The normalized spacial score (nSPS) is 42.6. The van der Waals surface area contributed by atoms with Gasteiger partial charge >= 0.3 is 6.36 Å². The Hall–Kier alpha value is -1.08. The minimum absolute atomic E-state index is 0.0336. The van der Waals surface area contributed by atoms with Gasteiger partial charge in [0.2, 0.25) is 0 Å². The predicted octanol–water partition coefficient (Wildman–Crippen LogP) is 2.26. The molecule has 0 saturated heterocycles. The molecule has 2 bridgehead atoms. The lowest BCUT2D eigenvalue weighted by molar-refractivity contribution is -0.353. The Labute approximate surface area is 114 Å². The van der Waals surface area contributed by atoms with Crippen molar-refractivity contribution in [1.82, 2.24) is 9.55 Å². The van der Waals surface area contributed by atoms with Crippen LogP contribution in [0.3, 0.4) is 0 Å². The van der Waals surface area contributed by atoms with Crippen molar-refractivity contribution in [3.8, 4) is 0 Å². The van der Waals surface area contributed by atoms with E-state index in [1.807, 2.05) is 10.8 Å². The Kier molecular flexibility index (Phi) is 2.26. The summed E-state index contributed by atoms with van der Waals surface area (Å²) in [7, 11) is 0. The molecule has 0 aromatic carbocycles. The predicted molar refractivity (Wildman–Crippen MR) is 63.9 cm³/mol. The second-order valence-corrected chi connectivity index (χ2v) is 6.69. The molecule has 0 atom stereocenters. The number of hydrogen-bond donors (Lipinski definition) is 1. The van der Waals surface area contributed by atoms with Crippen molar-refractivity contribution >= 4 is 0 Å². The van der Waals surface area contributed by atoms with Gasteiger partial charge in [-0.15, -0.1) is 13.2 Å². The van der Waals surface area contributed by atoms with E-state index in [4.69, 9.17) is 5.73 Å². The van der Waals surface area contributed by atoms with Crippen LogP contribution in [0.2, 0.25) is 0 Å². The maximum absolute atomic E-state index is 12.1. The molecule has 2 N–H and O–H groups in total. The molecule has 20 heavy (non-hydrogen) atoms. The van der Waals surface area contributed by atoms with Gasteiger partial charge in [0.25, 0.3) is 0 Å². The van der Waals surface area contributed by atoms with Crippen molar-refractivity contribution in [1.29, 1.82) is 0 Å². The van der Waals surface area contributed by atoms with Gasteiger partial charge in [-0.25, -0.2) is 4.98 Å². The molecule has 0 aliphatic heterocycles. The molecule has 1 aromatic heterocycles. The van der Waals surface area contributed by atoms with E-state index in [9.17, 15) is 13.2 Å². The molecule has 4 fully saturated rings. The first-order valence-corrected chi connectivity index (χ1v) is 6.84. The van der Waals surface area contributed by atoms with Gasteiger partial charge in [-0.2, -0.15) is 0 Å². The Morgan fingerprint density at radius 2 is 1.95 bits per heavy atom. The third kappa shape index (κ3) is 1.79. The first kappa shape index (κ1) is 12.6. The van der Waals surface area contributed by atoms with Crippen LogP contribution in [0.5, 0.6) is 0 Å². The second kappa shape index (κ2) is 3.57. The van der Waals surface area contributed by atoms with E-state index in [0.717, 1.165) is 25.0 Å². The van der Waals surface area contributed by atoms with Crippen LogP contribution < -0.4 is 5.73 Å². The maximum Gasteiger partial charge on any atom is 0.522 e. The van der Waals surface area contributed by atoms with Gasteiger partial charge < -0.3 is 10.3 Å². The van der Waals surface area contributed by atoms with Gasteiger partial charge in [0, 0.05) is 23.2 Å². The van der Waals surface area contributed by atoms with Gasteiger partial charge in [-0.1, -0.05) is 0 Å². The van der Waals surface area contributed by atoms with Crippen LogP contribution in [0, 0.1) is 0 Å². The molecule has 1 aromatic rings. The highest BCUT2D eigenvalue weighted by Gasteiger charge is 2.67. The molecule has 4 aliphatic carbocycles. The number of halogens is 3. The van der Waals surface area contributed by atoms with Crippen LogP contribution in [0.1, 0.15) is 43.8 Å². The number of imidazole rings is 1. The fourth-order valence-electron chi connectivity index (χ4n) is 4.01. The van der Waals surface area contributed by atoms with Gasteiger partial charge in [-0.05, 0) is 32.1 Å². The Morgan fingerprint density at radius 1 is 1.30 bits per heavy atom. The summed E-state index contributed by atoms with van der Waals surface area (Å²) in [5.74, 6) is 0. The summed E-state index contributed by atoms with van der Waals surface area (Å²) in [6.07, 6.45) is 2.21. The van der Waals surface area contributed by atoms with E-state index in [2.05, 4.69) is 9.72 Å². The van der Waals surface area contributed by atoms with Crippen molar-refractivity contribution < 1.29 is 17.9 Å². The molecule has 110 valence electrons.